The number of methoxy groups -OCH3 is 2. The van der Waals surface area contributed by atoms with Gasteiger partial charge in [-0.3, -0.25) is 4.31 Å². The Morgan fingerprint density at radius 2 is 1.78 bits per heavy atom. The van der Waals surface area contributed by atoms with Crippen molar-refractivity contribution in [3.05, 3.63) is 61.2 Å². The van der Waals surface area contributed by atoms with E-state index in [9.17, 15) is 8.42 Å². The van der Waals surface area contributed by atoms with Crippen molar-refractivity contribution < 1.29 is 17.9 Å². The Bertz CT molecular complexity index is 772. The van der Waals surface area contributed by atoms with Crippen LogP contribution in [0.25, 0.3) is 0 Å². The summed E-state index contributed by atoms with van der Waals surface area (Å²) in [5.74, 6) is 0.977. The highest BCUT2D eigenvalue weighted by molar-refractivity contribution is 7.92. The fraction of sp³-hybridized carbons (Fsp3) is 0.176. The number of anilines is 1. The van der Waals surface area contributed by atoms with E-state index in [1.807, 2.05) is 0 Å². The maximum Gasteiger partial charge on any atom is 0.264 e. The summed E-state index contributed by atoms with van der Waals surface area (Å²) in [6.07, 6.45) is 1.53. The Morgan fingerprint density at radius 1 is 1.09 bits per heavy atom. The third kappa shape index (κ3) is 3.48. The van der Waals surface area contributed by atoms with E-state index in [-0.39, 0.29) is 11.4 Å². The maximum atomic E-state index is 13.0. The lowest BCUT2D eigenvalue weighted by atomic mass is 10.2. The largest absolute Gasteiger partial charge is 0.497 e. The van der Waals surface area contributed by atoms with Crippen molar-refractivity contribution in [2.45, 2.75) is 4.90 Å². The molecule has 0 atom stereocenters. The monoisotopic (exact) mass is 333 g/mol. The molecule has 0 aliphatic carbocycles. The summed E-state index contributed by atoms with van der Waals surface area (Å²) < 4.78 is 37.7. The highest BCUT2D eigenvalue weighted by Crippen LogP contribution is 2.35. The summed E-state index contributed by atoms with van der Waals surface area (Å²) in [5, 5.41) is 0. The molecule has 0 heterocycles. The van der Waals surface area contributed by atoms with Gasteiger partial charge in [0.2, 0.25) is 0 Å². The molecular weight excluding hydrogens is 314 g/mol. The predicted molar refractivity (Wildman–Crippen MR) is 90.7 cm³/mol. The first-order chi connectivity index (χ1) is 11.0. The van der Waals surface area contributed by atoms with Crippen LogP contribution < -0.4 is 13.8 Å². The van der Waals surface area contributed by atoms with Gasteiger partial charge in [0.1, 0.15) is 11.5 Å². The van der Waals surface area contributed by atoms with Gasteiger partial charge < -0.3 is 9.47 Å². The molecule has 0 spiro atoms. The minimum absolute atomic E-state index is 0.112. The van der Waals surface area contributed by atoms with Crippen LogP contribution >= 0.6 is 0 Å². The van der Waals surface area contributed by atoms with Crippen molar-refractivity contribution in [1.29, 1.82) is 0 Å². The molecule has 0 radical (unpaired) electrons. The van der Waals surface area contributed by atoms with Crippen LogP contribution in [0.3, 0.4) is 0 Å². The van der Waals surface area contributed by atoms with E-state index in [1.165, 1.54) is 24.6 Å². The molecule has 0 unspecified atom stereocenters. The molecule has 2 aromatic rings. The van der Waals surface area contributed by atoms with Crippen LogP contribution in [0.5, 0.6) is 11.5 Å². The van der Waals surface area contributed by atoms with E-state index >= 15 is 0 Å². The van der Waals surface area contributed by atoms with Crippen LogP contribution in [0.1, 0.15) is 0 Å². The van der Waals surface area contributed by atoms with Gasteiger partial charge in [0.15, 0.2) is 0 Å². The number of hydrogen-bond acceptors (Lipinski definition) is 4. The lowest BCUT2D eigenvalue weighted by molar-refractivity contribution is 0.404. The van der Waals surface area contributed by atoms with Crippen molar-refractivity contribution in [1.82, 2.24) is 0 Å². The Morgan fingerprint density at radius 3 is 2.35 bits per heavy atom. The molecule has 0 bridgehead atoms. The van der Waals surface area contributed by atoms with Gasteiger partial charge in [0.05, 0.1) is 31.3 Å². The second kappa shape index (κ2) is 7.19. The normalized spacial score (nSPS) is 10.9. The Hall–Kier alpha value is -2.47. The van der Waals surface area contributed by atoms with E-state index in [1.54, 1.807) is 48.5 Å². The molecule has 0 aliphatic heterocycles. The van der Waals surface area contributed by atoms with Crippen LogP contribution in [0.2, 0.25) is 0 Å². The molecule has 2 rings (SSSR count). The number of ether oxygens (including phenoxy) is 2. The zero-order chi connectivity index (χ0) is 16.9. The maximum absolute atomic E-state index is 13.0. The van der Waals surface area contributed by atoms with Gasteiger partial charge in [-0.05, 0) is 24.3 Å². The van der Waals surface area contributed by atoms with Crippen molar-refractivity contribution in [2.24, 2.45) is 0 Å². The average Bonchev–Trinajstić information content (AvgIpc) is 2.59. The van der Waals surface area contributed by atoms with E-state index in [4.69, 9.17) is 9.47 Å². The summed E-state index contributed by atoms with van der Waals surface area (Å²) in [5.41, 5.74) is 0.399. The zero-order valence-electron chi connectivity index (χ0n) is 13.1. The fourth-order valence-electron chi connectivity index (χ4n) is 2.15. The summed E-state index contributed by atoms with van der Waals surface area (Å²) in [6, 6.07) is 13.2. The lowest BCUT2D eigenvalue weighted by Crippen LogP contribution is -2.31. The lowest BCUT2D eigenvalue weighted by Gasteiger charge is -2.25. The van der Waals surface area contributed by atoms with Gasteiger partial charge in [0, 0.05) is 6.07 Å². The molecule has 0 aromatic heterocycles. The highest BCUT2D eigenvalue weighted by atomic mass is 32.2. The molecule has 0 saturated carbocycles. The summed E-state index contributed by atoms with van der Waals surface area (Å²) in [6.45, 7) is 3.76. The quantitative estimate of drug-likeness (QED) is 0.731. The minimum atomic E-state index is -3.75. The Labute approximate surface area is 136 Å². The molecule has 0 saturated heterocycles. The Balaban J connectivity index is 2.61. The van der Waals surface area contributed by atoms with Crippen molar-refractivity contribution in [3.8, 4) is 11.5 Å². The zero-order valence-corrected chi connectivity index (χ0v) is 13.9. The summed E-state index contributed by atoms with van der Waals surface area (Å²) in [7, 11) is -0.732. The van der Waals surface area contributed by atoms with Crippen LogP contribution in [-0.4, -0.2) is 29.2 Å². The van der Waals surface area contributed by atoms with Gasteiger partial charge in [-0.15, -0.1) is 6.58 Å². The molecule has 0 fully saturated rings. The second-order valence-corrected chi connectivity index (χ2v) is 6.54. The molecule has 2 aromatic carbocycles. The molecule has 23 heavy (non-hydrogen) atoms. The van der Waals surface area contributed by atoms with E-state index < -0.39 is 10.0 Å². The molecule has 122 valence electrons. The highest BCUT2D eigenvalue weighted by Gasteiger charge is 2.26. The summed E-state index contributed by atoms with van der Waals surface area (Å²) in [4.78, 5) is 0.201. The number of hydrogen-bond donors (Lipinski definition) is 0. The van der Waals surface area contributed by atoms with Crippen LogP contribution in [-0.2, 0) is 10.0 Å². The van der Waals surface area contributed by atoms with Crippen molar-refractivity contribution in [3.63, 3.8) is 0 Å². The van der Waals surface area contributed by atoms with E-state index in [0.717, 1.165) is 0 Å². The average molecular weight is 333 g/mol. The van der Waals surface area contributed by atoms with Crippen molar-refractivity contribution >= 4 is 15.7 Å². The molecule has 6 heteroatoms. The minimum Gasteiger partial charge on any atom is -0.497 e. The summed E-state index contributed by atoms with van der Waals surface area (Å²) >= 11 is 0. The van der Waals surface area contributed by atoms with Gasteiger partial charge in [-0.2, -0.15) is 0 Å². The second-order valence-electron chi connectivity index (χ2n) is 4.68. The molecule has 0 amide bonds. The SMILES string of the molecule is C=CCN(c1cc(OC)ccc1OC)S(=O)(=O)c1ccccc1. The number of rotatable bonds is 7. The van der Waals surface area contributed by atoms with E-state index in [2.05, 4.69) is 6.58 Å². The van der Waals surface area contributed by atoms with Crippen LogP contribution in [0.15, 0.2) is 66.1 Å². The molecule has 0 N–H and O–H groups in total. The third-order valence-electron chi connectivity index (χ3n) is 3.28. The van der Waals surface area contributed by atoms with E-state index in [0.29, 0.717) is 17.2 Å². The van der Waals surface area contributed by atoms with Crippen LogP contribution in [0, 0.1) is 0 Å². The first-order valence-corrected chi connectivity index (χ1v) is 8.39. The first-order valence-electron chi connectivity index (χ1n) is 6.95. The number of sulfonamides is 1. The van der Waals surface area contributed by atoms with Crippen molar-refractivity contribution in [2.75, 3.05) is 25.1 Å². The molecule has 5 nitrogen and oxygen atoms in total. The van der Waals surface area contributed by atoms with Gasteiger partial charge >= 0.3 is 0 Å². The fourth-order valence-corrected chi connectivity index (χ4v) is 3.61. The molecular formula is C17H19NO4S. The topological polar surface area (TPSA) is 55.8 Å². The number of benzene rings is 2. The van der Waals surface area contributed by atoms with Gasteiger partial charge in [-0.25, -0.2) is 8.42 Å². The van der Waals surface area contributed by atoms with Gasteiger partial charge in [0.25, 0.3) is 10.0 Å². The van der Waals surface area contributed by atoms with Gasteiger partial charge in [-0.1, -0.05) is 24.3 Å². The third-order valence-corrected chi connectivity index (χ3v) is 5.07. The predicted octanol–water partition coefficient (Wildman–Crippen LogP) is 3.09. The number of nitrogens with zero attached hydrogens (tertiary/aromatic N) is 1. The first kappa shape index (κ1) is 16.9. The smallest absolute Gasteiger partial charge is 0.264 e. The Kier molecular flexibility index (Phi) is 5.28. The standard InChI is InChI=1S/C17H19NO4S/c1-4-12-18(23(19,20)15-8-6-5-7-9-15)16-13-14(21-2)10-11-17(16)22-3/h4-11,13H,1,12H2,2-3H3. The molecule has 0 aliphatic rings. The van der Waals surface area contributed by atoms with Crippen LogP contribution in [0.4, 0.5) is 5.69 Å².